The van der Waals surface area contributed by atoms with Gasteiger partial charge in [0.1, 0.15) is 5.82 Å². The fourth-order valence-corrected chi connectivity index (χ4v) is 1.86. The number of ether oxygens (including phenoxy) is 2. The van der Waals surface area contributed by atoms with Crippen molar-refractivity contribution < 1.29 is 13.9 Å². The van der Waals surface area contributed by atoms with E-state index in [1.807, 2.05) is 6.07 Å². The van der Waals surface area contributed by atoms with E-state index in [1.54, 1.807) is 6.07 Å². The first-order valence-electron chi connectivity index (χ1n) is 5.63. The van der Waals surface area contributed by atoms with Crippen molar-refractivity contribution in [1.82, 2.24) is 0 Å². The Morgan fingerprint density at radius 3 is 3.06 bits per heavy atom. The van der Waals surface area contributed by atoms with Crippen molar-refractivity contribution >= 4 is 0 Å². The molecule has 17 heavy (non-hydrogen) atoms. The summed E-state index contributed by atoms with van der Waals surface area (Å²) in [5.74, 6) is 0.0471. The maximum absolute atomic E-state index is 13.1. The van der Waals surface area contributed by atoms with Crippen molar-refractivity contribution in [3.8, 4) is 6.07 Å². The molecule has 0 radical (unpaired) electrons. The van der Waals surface area contributed by atoms with E-state index >= 15 is 0 Å². The van der Waals surface area contributed by atoms with E-state index in [4.69, 9.17) is 14.7 Å². The molecule has 3 nitrogen and oxygen atoms in total. The maximum atomic E-state index is 13.1. The van der Waals surface area contributed by atoms with Gasteiger partial charge >= 0.3 is 0 Å². The van der Waals surface area contributed by atoms with Crippen molar-refractivity contribution in [3.05, 3.63) is 35.1 Å². The summed E-state index contributed by atoms with van der Waals surface area (Å²) < 4.78 is 23.9. The average molecular weight is 235 g/mol. The molecule has 0 amide bonds. The molecule has 1 fully saturated rings. The molecular formula is C13H14FNO2. The molecule has 0 bridgehead atoms. The molecule has 90 valence electrons. The molecule has 0 aliphatic carbocycles. The van der Waals surface area contributed by atoms with Crippen LogP contribution in [0.3, 0.4) is 0 Å². The Hall–Kier alpha value is -1.44. The van der Waals surface area contributed by atoms with E-state index < -0.39 is 5.82 Å². The van der Waals surface area contributed by atoms with Gasteiger partial charge in [-0.1, -0.05) is 0 Å². The Kier molecular flexibility index (Phi) is 4.08. The predicted octanol–water partition coefficient (Wildman–Crippen LogP) is 2.25. The fourth-order valence-electron chi connectivity index (χ4n) is 1.86. The number of hydrogen-bond acceptors (Lipinski definition) is 3. The molecule has 2 rings (SSSR count). The molecule has 1 unspecified atom stereocenters. The molecule has 1 aromatic carbocycles. The minimum absolute atomic E-state index is 0.327. The first-order valence-corrected chi connectivity index (χ1v) is 5.63. The fraction of sp³-hybridized carbons (Fsp3) is 0.462. The molecule has 1 aliphatic rings. The van der Waals surface area contributed by atoms with Gasteiger partial charge in [0.2, 0.25) is 0 Å². The molecule has 1 heterocycles. The van der Waals surface area contributed by atoms with Gasteiger partial charge in [-0.15, -0.1) is 0 Å². The Morgan fingerprint density at radius 2 is 2.35 bits per heavy atom. The highest BCUT2D eigenvalue weighted by Crippen LogP contribution is 2.14. The first kappa shape index (κ1) is 12.0. The zero-order chi connectivity index (χ0) is 12.1. The van der Waals surface area contributed by atoms with E-state index in [2.05, 4.69) is 0 Å². The largest absolute Gasteiger partial charge is 0.381 e. The number of nitrogens with zero attached hydrogens (tertiary/aromatic N) is 1. The van der Waals surface area contributed by atoms with Crippen molar-refractivity contribution in [1.29, 1.82) is 5.26 Å². The van der Waals surface area contributed by atoms with Gasteiger partial charge in [-0.25, -0.2) is 4.39 Å². The number of halogens is 1. The monoisotopic (exact) mass is 235 g/mol. The van der Waals surface area contributed by atoms with Crippen LogP contribution in [0.5, 0.6) is 0 Å². The van der Waals surface area contributed by atoms with Gasteiger partial charge in [0.05, 0.1) is 31.5 Å². The van der Waals surface area contributed by atoms with E-state index in [9.17, 15) is 4.39 Å². The smallest absolute Gasteiger partial charge is 0.124 e. The quantitative estimate of drug-likeness (QED) is 0.803. The molecule has 1 saturated heterocycles. The Morgan fingerprint density at radius 1 is 1.47 bits per heavy atom. The molecule has 1 atom stereocenters. The van der Waals surface area contributed by atoms with Crippen LogP contribution in [0.2, 0.25) is 0 Å². The van der Waals surface area contributed by atoms with Crippen LogP contribution in [0.4, 0.5) is 4.39 Å². The number of rotatable bonds is 4. The summed E-state index contributed by atoms with van der Waals surface area (Å²) in [5, 5.41) is 8.71. The van der Waals surface area contributed by atoms with E-state index in [0.29, 0.717) is 30.3 Å². The lowest BCUT2D eigenvalue weighted by Gasteiger charge is -2.09. The number of benzene rings is 1. The van der Waals surface area contributed by atoms with Crippen molar-refractivity contribution in [2.75, 3.05) is 19.8 Å². The van der Waals surface area contributed by atoms with Crippen molar-refractivity contribution in [2.45, 2.75) is 13.0 Å². The van der Waals surface area contributed by atoms with Gasteiger partial charge in [-0.05, 0) is 30.2 Å². The van der Waals surface area contributed by atoms with Crippen LogP contribution < -0.4 is 0 Å². The minimum Gasteiger partial charge on any atom is -0.381 e. The predicted molar refractivity (Wildman–Crippen MR) is 59.7 cm³/mol. The summed E-state index contributed by atoms with van der Waals surface area (Å²) in [6.07, 6.45) is 1.02. The van der Waals surface area contributed by atoms with E-state index in [1.165, 1.54) is 12.1 Å². The molecule has 0 saturated carbocycles. The third kappa shape index (κ3) is 3.52. The molecule has 1 aromatic rings. The summed E-state index contributed by atoms with van der Waals surface area (Å²) in [4.78, 5) is 0. The van der Waals surface area contributed by atoms with Crippen LogP contribution in [-0.4, -0.2) is 19.8 Å². The zero-order valence-corrected chi connectivity index (χ0v) is 9.49. The van der Waals surface area contributed by atoms with Crippen LogP contribution in [-0.2, 0) is 16.1 Å². The second kappa shape index (κ2) is 5.76. The highest BCUT2D eigenvalue weighted by Gasteiger charge is 2.15. The Balaban J connectivity index is 1.85. The first-order chi connectivity index (χ1) is 8.28. The summed E-state index contributed by atoms with van der Waals surface area (Å²) >= 11 is 0. The second-order valence-corrected chi connectivity index (χ2v) is 4.20. The molecule has 0 N–H and O–H groups in total. The topological polar surface area (TPSA) is 42.2 Å². The van der Waals surface area contributed by atoms with Gasteiger partial charge in [0.25, 0.3) is 0 Å². The Bertz CT molecular complexity index is 422. The summed E-state index contributed by atoms with van der Waals surface area (Å²) in [6.45, 7) is 2.50. The summed E-state index contributed by atoms with van der Waals surface area (Å²) in [6, 6.07) is 6.18. The van der Waals surface area contributed by atoms with Gasteiger partial charge in [-0.3, -0.25) is 0 Å². The molecular weight excluding hydrogens is 221 g/mol. The van der Waals surface area contributed by atoms with Gasteiger partial charge in [-0.2, -0.15) is 5.26 Å². The second-order valence-electron chi connectivity index (χ2n) is 4.20. The highest BCUT2D eigenvalue weighted by molar-refractivity contribution is 5.33. The van der Waals surface area contributed by atoms with Crippen LogP contribution >= 0.6 is 0 Å². The normalized spacial score (nSPS) is 19.2. The third-order valence-corrected chi connectivity index (χ3v) is 2.73. The molecule has 0 spiro atoms. The number of hydrogen-bond donors (Lipinski definition) is 0. The standard InChI is InChI=1S/C13H14FNO2/c14-13-4-11(6-15)3-12(5-13)9-17-8-10-1-2-16-7-10/h3-5,10H,1-2,7-9H2. The highest BCUT2D eigenvalue weighted by atomic mass is 19.1. The van der Waals surface area contributed by atoms with Gasteiger partial charge in [0.15, 0.2) is 0 Å². The van der Waals surface area contributed by atoms with Crippen LogP contribution in [0.1, 0.15) is 17.5 Å². The van der Waals surface area contributed by atoms with Gasteiger partial charge < -0.3 is 9.47 Å². The van der Waals surface area contributed by atoms with Crippen LogP contribution in [0, 0.1) is 23.1 Å². The van der Waals surface area contributed by atoms with E-state index in [0.717, 1.165) is 19.6 Å². The average Bonchev–Trinajstić information content (AvgIpc) is 2.81. The molecule has 4 heteroatoms. The van der Waals surface area contributed by atoms with Gasteiger partial charge in [0, 0.05) is 12.5 Å². The van der Waals surface area contributed by atoms with Crippen molar-refractivity contribution in [2.24, 2.45) is 5.92 Å². The van der Waals surface area contributed by atoms with Crippen LogP contribution in [0.25, 0.3) is 0 Å². The minimum atomic E-state index is -0.396. The van der Waals surface area contributed by atoms with Crippen molar-refractivity contribution in [3.63, 3.8) is 0 Å². The molecule has 0 aromatic heterocycles. The third-order valence-electron chi connectivity index (χ3n) is 2.73. The lowest BCUT2D eigenvalue weighted by atomic mass is 10.1. The summed E-state index contributed by atoms with van der Waals surface area (Å²) in [5.41, 5.74) is 1.02. The van der Waals surface area contributed by atoms with E-state index in [-0.39, 0.29) is 0 Å². The molecule has 1 aliphatic heterocycles. The lowest BCUT2D eigenvalue weighted by Crippen LogP contribution is -2.09. The van der Waals surface area contributed by atoms with Crippen LogP contribution in [0.15, 0.2) is 18.2 Å². The summed E-state index contributed by atoms with van der Waals surface area (Å²) in [7, 11) is 0. The lowest BCUT2D eigenvalue weighted by molar-refractivity contribution is 0.0790. The maximum Gasteiger partial charge on any atom is 0.124 e. The SMILES string of the molecule is N#Cc1cc(F)cc(COCC2CCOC2)c1. The number of nitriles is 1. The zero-order valence-electron chi connectivity index (χ0n) is 9.49. The Labute approximate surface area is 99.8 Å².